The maximum atomic E-state index is 5.76. The van der Waals surface area contributed by atoms with E-state index in [0.717, 1.165) is 0 Å². The molecule has 1 aliphatic heterocycles. The second kappa shape index (κ2) is 5.13. The quantitative estimate of drug-likeness (QED) is 0.729. The van der Waals surface area contributed by atoms with E-state index < -0.39 is 10.1 Å². The molecule has 1 rings (SSSR count). The molecule has 2 nitrogen and oxygen atoms in total. The van der Waals surface area contributed by atoms with Gasteiger partial charge in [-0.05, 0) is 0 Å². The van der Waals surface area contributed by atoms with Crippen LogP contribution in [-0.4, -0.2) is 35.1 Å². The first-order valence-corrected chi connectivity index (χ1v) is 6.06. The van der Waals surface area contributed by atoms with Crippen molar-refractivity contribution < 1.29 is 9.47 Å². The van der Waals surface area contributed by atoms with Crippen molar-refractivity contribution in [2.75, 3.05) is 25.0 Å². The standard InChI is InChI=1S/C7H9Cl5O2/c8-1-6(2-9)3-13-5(14-4-6)7(10,11)12/h5H,1-4H2. The van der Waals surface area contributed by atoms with Gasteiger partial charge in [-0.15, -0.1) is 23.2 Å². The van der Waals surface area contributed by atoms with Crippen molar-refractivity contribution in [3.63, 3.8) is 0 Å². The first-order chi connectivity index (χ1) is 6.43. The Labute approximate surface area is 108 Å². The van der Waals surface area contributed by atoms with Crippen molar-refractivity contribution in [2.45, 2.75) is 10.1 Å². The molecule has 0 spiro atoms. The zero-order chi connectivity index (χ0) is 10.8. The number of hydrogen-bond donors (Lipinski definition) is 0. The molecule has 7 heteroatoms. The van der Waals surface area contributed by atoms with Crippen LogP contribution >= 0.6 is 58.0 Å². The lowest BCUT2D eigenvalue weighted by Crippen LogP contribution is -2.48. The van der Waals surface area contributed by atoms with E-state index in [9.17, 15) is 0 Å². The maximum absolute atomic E-state index is 5.76. The Morgan fingerprint density at radius 2 is 1.50 bits per heavy atom. The summed E-state index contributed by atoms with van der Waals surface area (Å²) in [6, 6.07) is 0. The largest absolute Gasteiger partial charge is 0.348 e. The molecule has 0 aromatic heterocycles. The number of ether oxygens (including phenoxy) is 2. The number of rotatable bonds is 2. The lowest BCUT2D eigenvalue weighted by atomic mass is 9.95. The summed E-state index contributed by atoms with van der Waals surface area (Å²) in [5.41, 5.74) is -0.379. The maximum Gasteiger partial charge on any atom is 0.240 e. The Hall–Kier alpha value is 1.37. The fourth-order valence-electron chi connectivity index (χ4n) is 0.974. The summed E-state index contributed by atoms with van der Waals surface area (Å²) in [6.45, 7) is 0.664. The van der Waals surface area contributed by atoms with E-state index >= 15 is 0 Å². The van der Waals surface area contributed by atoms with Crippen LogP contribution in [0.5, 0.6) is 0 Å². The average Bonchev–Trinajstić information content (AvgIpc) is 2.16. The zero-order valence-corrected chi connectivity index (χ0v) is 10.9. The van der Waals surface area contributed by atoms with Gasteiger partial charge in [-0.25, -0.2) is 0 Å². The summed E-state index contributed by atoms with van der Waals surface area (Å²) in [5.74, 6) is 0.701. The third-order valence-corrected chi connectivity index (χ3v) is 3.58. The van der Waals surface area contributed by atoms with Crippen LogP contribution in [0.2, 0.25) is 0 Å². The smallest absolute Gasteiger partial charge is 0.240 e. The molecular formula is C7H9Cl5O2. The Kier molecular flexibility index (Phi) is 4.93. The van der Waals surface area contributed by atoms with Crippen molar-refractivity contribution >= 4 is 58.0 Å². The second-order valence-corrected chi connectivity index (χ2v) is 6.17. The number of halogens is 5. The van der Waals surface area contributed by atoms with Crippen molar-refractivity contribution in [3.05, 3.63) is 0 Å². The number of hydrogen-bond acceptors (Lipinski definition) is 2. The summed E-state index contributed by atoms with van der Waals surface area (Å²) in [4.78, 5) is 0. The molecule has 1 heterocycles. The molecule has 0 aromatic rings. The third kappa shape index (κ3) is 3.18. The Bertz CT molecular complexity index is 179. The Morgan fingerprint density at radius 1 is 1.07 bits per heavy atom. The van der Waals surface area contributed by atoms with Crippen LogP contribution in [-0.2, 0) is 9.47 Å². The fraction of sp³-hybridized carbons (Fsp3) is 1.00. The van der Waals surface area contributed by atoms with E-state index in [-0.39, 0.29) is 5.41 Å². The van der Waals surface area contributed by atoms with Gasteiger partial charge in [0, 0.05) is 17.2 Å². The van der Waals surface area contributed by atoms with E-state index in [4.69, 9.17) is 67.5 Å². The zero-order valence-electron chi connectivity index (χ0n) is 7.11. The van der Waals surface area contributed by atoms with Crippen LogP contribution in [0.3, 0.4) is 0 Å². The van der Waals surface area contributed by atoms with Gasteiger partial charge in [0.2, 0.25) is 10.1 Å². The lowest BCUT2D eigenvalue weighted by Gasteiger charge is -2.39. The molecule has 84 valence electrons. The van der Waals surface area contributed by atoms with E-state index in [1.54, 1.807) is 0 Å². The van der Waals surface area contributed by atoms with Crippen molar-refractivity contribution in [1.82, 2.24) is 0 Å². The Morgan fingerprint density at radius 3 is 1.79 bits per heavy atom. The molecule has 0 aromatic carbocycles. The van der Waals surface area contributed by atoms with Gasteiger partial charge in [0.25, 0.3) is 0 Å². The second-order valence-electron chi connectivity index (χ2n) is 3.26. The highest BCUT2D eigenvalue weighted by Gasteiger charge is 2.43. The molecular weight excluding hydrogens is 293 g/mol. The van der Waals surface area contributed by atoms with E-state index in [0.29, 0.717) is 25.0 Å². The van der Waals surface area contributed by atoms with Crippen LogP contribution in [0.1, 0.15) is 0 Å². The highest BCUT2D eigenvalue weighted by molar-refractivity contribution is 6.67. The van der Waals surface area contributed by atoms with E-state index in [1.165, 1.54) is 0 Å². The molecule has 0 N–H and O–H groups in total. The molecule has 1 fully saturated rings. The SMILES string of the molecule is ClCC1(CCl)COC(C(Cl)(Cl)Cl)OC1. The Balaban J connectivity index is 2.53. The third-order valence-electron chi connectivity index (χ3n) is 1.92. The van der Waals surface area contributed by atoms with Gasteiger partial charge in [-0.1, -0.05) is 34.8 Å². The summed E-state index contributed by atoms with van der Waals surface area (Å²) >= 11 is 28.3. The van der Waals surface area contributed by atoms with E-state index in [1.807, 2.05) is 0 Å². The van der Waals surface area contributed by atoms with Gasteiger partial charge in [0.1, 0.15) is 0 Å². The van der Waals surface area contributed by atoms with Crippen molar-refractivity contribution in [1.29, 1.82) is 0 Å². The van der Waals surface area contributed by atoms with Crippen LogP contribution in [0.15, 0.2) is 0 Å². The molecule has 0 amide bonds. The average molecular weight is 302 g/mol. The van der Waals surface area contributed by atoms with Gasteiger partial charge in [-0.3, -0.25) is 0 Å². The number of alkyl halides is 5. The van der Waals surface area contributed by atoms with Crippen LogP contribution in [0.4, 0.5) is 0 Å². The van der Waals surface area contributed by atoms with Gasteiger partial charge < -0.3 is 9.47 Å². The first-order valence-electron chi connectivity index (χ1n) is 3.85. The predicted octanol–water partition coefficient (Wildman–Crippen LogP) is 3.19. The first kappa shape index (κ1) is 13.4. The molecule has 0 bridgehead atoms. The molecule has 1 aliphatic rings. The normalized spacial score (nSPS) is 23.8. The van der Waals surface area contributed by atoms with Crippen molar-refractivity contribution in [2.24, 2.45) is 5.41 Å². The summed E-state index contributed by atoms with van der Waals surface area (Å²) < 4.78 is 8.93. The topological polar surface area (TPSA) is 18.5 Å². The summed E-state index contributed by atoms with van der Waals surface area (Å²) in [5, 5.41) is 0. The summed E-state index contributed by atoms with van der Waals surface area (Å²) in [6.07, 6.45) is -0.855. The monoisotopic (exact) mass is 300 g/mol. The molecule has 1 saturated heterocycles. The molecule has 0 saturated carbocycles. The van der Waals surface area contributed by atoms with Gasteiger partial charge >= 0.3 is 0 Å². The summed E-state index contributed by atoms with van der Waals surface area (Å²) in [7, 11) is 0. The molecule has 14 heavy (non-hydrogen) atoms. The van der Waals surface area contributed by atoms with Crippen molar-refractivity contribution in [3.8, 4) is 0 Å². The molecule has 0 unspecified atom stereocenters. The van der Waals surface area contributed by atoms with E-state index in [2.05, 4.69) is 0 Å². The fourth-order valence-corrected chi connectivity index (χ4v) is 1.95. The minimum absolute atomic E-state index is 0.332. The minimum Gasteiger partial charge on any atom is -0.348 e. The van der Waals surface area contributed by atoms with Crippen LogP contribution < -0.4 is 0 Å². The molecule has 0 aliphatic carbocycles. The van der Waals surface area contributed by atoms with Crippen LogP contribution in [0, 0.1) is 5.41 Å². The predicted molar refractivity (Wildman–Crippen MR) is 59.9 cm³/mol. The van der Waals surface area contributed by atoms with Gasteiger partial charge in [0.05, 0.1) is 13.2 Å². The highest BCUT2D eigenvalue weighted by Crippen LogP contribution is 2.38. The molecule has 0 atom stereocenters. The van der Waals surface area contributed by atoms with Crippen LogP contribution in [0.25, 0.3) is 0 Å². The minimum atomic E-state index is -1.58. The van der Waals surface area contributed by atoms with Gasteiger partial charge in [0.15, 0.2) is 0 Å². The highest BCUT2D eigenvalue weighted by atomic mass is 35.6. The van der Waals surface area contributed by atoms with Gasteiger partial charge in [-0.2, -0.15) is 0 Å². The lowest BCUT2D eigenvalue weighted by molar-refractivity contribution is -0.217. The molecule has 0 radical (unpaired) electrons.